The lowest BCUT2D eigenvalue weighted by Crippen LogP contribution is -2.31. The summed E-state index contributed by atoms with van der Waals surface area (Å²) in [5.74, 6) is 0. The Morgan fingerprint density at radius 1 is 0.260 bits per heavy atom. The molecular weight excluding hydrogens is 879 g/mol. The van der Waals surface area contributed by atoms with E-state index in [1.54, 1.807) is 0 Å². The van der Waals surface area contributed by atoms with Crippen molar-refractivity contribution in [2.75, 3.05) is 0 Å². The summed E-state index contributed by atoms with van der Waals surface area (Å²) in [6.45, 7) is 4.68. The van der Waals surface area contributed by atoms with Crippen LogP contribution in [0.15, 0.2) is 237 Å². The normalized spacial score (nSPS) is 14.4. The monoisotopic (exact) mass is 923 g/mol. The Labute approximate surface area is 423 Å². The summed E-state index contributed by atoms with van der Waals surface area (Å²) < 4.78 is 2.51. The van der Waals surface area contributed by atoms with Crippen molar-refractivity contribution in [1.29, 1.82) is 0 Å². The molecule has 0 aliphatic heterocycles. The van der Waals surface area contributed by atoms with Gasteiger partial charge in [0.25, 0.3) is 0 Å². The van der Waals surface area contributed by atoms with Crippen LogP contribution in [0.5, 0.6) is 0 Å². The van der Waals surface area contributed by atoms with Gasteiger partial charge in [0.2, 0.25) is 0 Å². The molecule has 4 aliphatic carbocycles. The molecule has 0 N–H and O–H groups in total. The standard InChI is InChI=1S/C72H45N/c1-42-36-61-69-63(38-42)72(64-39-43(2)37-62(70(64)69)71(61)57-28-14-10-20-47(57)48-21-11-15-29-58(48)71)59-40-45(68-55-26-8-6-24-53(55)67(44-18-4-3-5-19-44)54-25-7-9-27-56(54)68)32-34-49(59)50-35-33-46(41-60(50)72)73-65-30-16-12-22-51(65)52-23-13-17-31-66(52)73/h3-41H,1-2H3. The van der Waals surface area contributed by atoms with Crippen LogP contribution in [-0.2, 0) is 10.8 Å². The Hall–Kier alpha value is -9.04. The average molecular weight is 924 g/mol. The number of nitrogens with zero attached hydrogens (tertiary/aromatic N) is 1. The smallest absolute Gasteiger partial charge is 0.0726 e. The zero-order valence-electron chi connectivity index (χ0n) is 40.5. The molecule has 1 nitrogen and oxygen atoms in total. The highest BCUT2D eigenvalue weighted by Crippen LogP contribution is 2.72. The second-order valence-corrected chi connectivity index (χ2v) is 21.1. The average Bonchev–Trinajstić information content (AvgIpc) is 4.36. The van der Waals surface area contributed by atoms with E-state index in [1.807, 2.05) is 0 Å². The van der Waals surface area contributed by atoms with Gasteiger partial charge in [-0.25, -0.2) is 0 Å². The highest BCUT2D eigenvalue weighted by molar-refractivity contribution is 6.22. The minimum atomic E-state index is -0.615. The van der Waals surface area contributed by atoms with Crippen LogP contribution in [0.25, 0.3) is 105 Å². The first-order chi connectivity index (χ1) is 36.0. The van der Waals surface area contributed by atoms with Gasteiger partial charge < -0.3 is 4.57 Å². The van der Waals surface area contributed by atoms with E-state index < -0.39 is 10.8 Å². The van der Waals surface area contributed by atoms with Crippen molar-refractivity contribution in [2.24, 2.45) is 0 Å². The van der Waals surface area contributed by atoms with Crippen LogP contribution in [0.4, 0.5) is 0 Å². The largest absolute Gasteiger partial charge is 0.309 e. The quantitative estimate of drug-likeness (QED) is 0.156. The summed E-state index contributed by atoms with van der Waals surface area (Å²) in [5.41, 5.74) is 29.4. The molecular formula is C72H45N. The molecule has 338 valence electrons. The maximum atomic E-state index is 2.62. The molecule has 4 aliphatic rings. The zero-order chi connectivity index (χ0) is 47.9. The molecule has 0 saturated carbocycles. The van der Waals surface area contributed by atoms with E-state index in [0.29, 0.717) is 0 Å². The van der Waals surface area contributed by atoms with Gasteiger partial charge in [-0.1, -0.05) is 217 Å². The Bertz CT molecular complexity index is 4420. The third kappa shape index (κ3) is 4.71. The number of hydrogen-bond acceptors (Lipinski definition) is 0. The Balaban J connectivity index is 1.01. The van der Waals surface area contributed by atoms with Crippen molar-refractivity contribution in [3.05, 3.63) is 292 Å². The molecule has 0 amide bonds. The highest BCUT2D eigenvalue weighted by atomic mass is 15.0. The van der Waals surface area contributed by atoms with Crippen molar-refractivity contribution in [1.82, 2.24) is 4.57 Å². The van der Waals surface area contributed by atoms with Crippen molar-refractivity contribution in [2.45, 2.75) is 24.7 Å². The second kappa shape index (κ2) is 13.9. The Morgan fingerprint density at radius 2 is 0.644 bits per heavy atom. The molecule has 0 bridgehead atoms. The van der Waals surface area contributed by atoms with E-state index in [1.165, 1.54) is 160 Å². The second-order valence-electron chi connectivity index (χ2n) is 21.1. The Kier molecular flexibility index (Phi) is 7.54. The first-order valence-electron chi connectivity index (χ1n) is 25.8. The Morgan fingerprint density at radius 3 is 1.16 bits per heavy atom. The number of benzene rings is 12. The number of aryl methyl sites for hydroxylation is 2. The number of aromatic nitrogens is 1. The van der Waals surface area contributed by atoms with Gasteiger partial charge >= 0.3 is 0 Å². The third-order valence-corrected chi connectivity index (χ3v) is 17.6. The number of para-hydroxylation sites is 2. The summed E-state index contributed by atoms with van der Waals surface area (Å²) >= 11 is 0. The van der Waals surface area contributed by atoms with Crippen LogP contribution in [-0.4, -0.2) is 4.57 Å². The lowest BCUT2D eigenvalue weighted by molar-refractivity contribution is 0.752. The van der Waals surface area contributed by atoms with E-state index in [0.717, 1.165) is 0 Å². The van der Waals surface area contributed by atoms with Gasteiger partial charge in [0.05, 0.1) is 21.9 Å². The highest BCUT2D eigenvalue weighted by Gasteiger charge is 2.61. The van der Waals surface area contributed by atoms with Gasteiger partial charge in [-0.3, -0.25) is 0 Å². The SMILES string of the molecule is Cc1cc2c3c(c1)C1(c4cc(-c5c6ccccc6c(-c6ccccc6)c6ccccc56)ccc4-c4ccc(-n5c6ccccc6c6ccccc65)cc41)c1cc(C)cc(c1-3)C21c2ccccc2-c2ccccc21. The van der Waals surface area contributed by atoms with E-state index >= 15 is 0 Å². The van der Waals surface area contributed by atoms with Crippen LogP contribution in [0.3, 0.4) is 0 Å². The lowest BCUT2D eigenvalue weighted by atomic mass is 9.64. The fourth-order valence-electron chi connectivity index (χ4n) is 15.1. The number of rotatable bonds is 3. The zero-order valence-corrected chi connectivity index (χ0v) is 40.5. The topological polar surface area (TPSA) is 4.93 Å². The molecule has 1 heteroatoms. The molecule has 1 aromatic heterocycles. The van der Waals surface area contributed by atoms with Crippen LogP contribution in [0.2, 0.25) is 0 Å². The van der Waals surface area contributed by atoms with Crippen molar-refractivity contribution >= 4 is 43.4 Å². The fraction of sp³-hybridized carbons (Fsp3) is 0.0556. The molecule has 1 heterocycles. The third-order valence-electron chi connectivity index (χ3n) is 17.6. The fourth-order valence-corrected chi connectivity index (χ4v) is 15.1. The molecule has 2 spiro atoms. The van der Waals surface area contributed by atoms with E-state index in [-0.39, 0.29) is 0 Å². The molecule has 13 aromatic rings. The number of hydrogen-bond donors (Lipinski definition) is 0. The summed E-state index contributed by atoms with van der Waals surface area (Å²) in [4.78, 5) is 0. The summed E-state index contributed by atoms with van der Waals surface area (Å²) in [6.07, 6.45) is 0. The molecule has 12 aromatic carbocycles. The van der Waals surface area contributed by atoms with Gasteiger partial charge in [0, 0.05) is 16.5 Å². The van der Waals surface area contributed by atoms with Crippen LogP contribution in [0.1, 0.15) is 55.6 Å². The van der Waals surface area contributed by atoms with Crippen molar-refractivity contribution in [3.63, 3.8) is 0 Å². The van der Waals surface area contributed by atoms with E-state index in [4.69, 9.17) is 0 Å². The molecule has 0 unspecified atom stereocenters. The molecule has 73 heavy (non-hydrogen) atoms. The first kappa shape index (κ1) is 39.7. The maximum absolute atomic E-state index is 2.62. The van der Waals surface area contributed by atoms with Crippen LogP contribution in [0, 0.1) is 13.8 Å². The summed E-state index contributed by atoms with van der Waals surface area (Å²) in [7, 11) is 0. The van der Waals surface area contributed by atoms with Crippen LogP contribution >= 0.6 is 0 Å². The maximum Gasteiger partial charge on any atom is 0.0726 e. The molecule has 17 rings (SSSR count). The predicted molar refractivity (Wildman–Crippen MR) is 303 cm³/mol. The summed E-state index contributed by atoms with van der Waals surface area (Å²) in [5, 5.41) is 7.61. The van der Waals surface area contributed by atoms with Crippen molar-refractivity contribution in [3.8, 4) is 61.3 Å². The minimum absolute atomic E-state index is 0.434. The van der Waals surface area contributed by atoms with Crippen molar-refractivity contribution < 1.29 is 0 Å². The lowest BCUT2D eigenvalue weighted by Gasteiger charge is -2.37. The predicted octanol–water partition coefficient (Wildman–Crippen LogP) is 18.1. The molecule has 0 atom stereocenters. The first-order valence-corrected chi connectivity index (χ1v) is 25.8. The number of fused-ring (bicyclic) bond motifs is 19. The molecule has 0 radical (unpaired) electrons. The van der Waals surface area contributed by atoms with Gasteiger partial charge in [-0.15, -0.1) is 0 Å². The summed E-state index contributed by atoms with van der Waals surface area (Å²) in [6, 6.07) is 90.6. The van der Waals surface area contributed by atoms with E-state index in [9.17, 15) is 0 Å². The van der Waals surface area contributed by atoms with Gasteiger partial charge in [0.1, 0.15) is 0 Å². The minimum Gasteiger partial charge on any atom is -0.309 e. The van der Waals surface area contributed by atoms with Gasteiger partial charge in [0.15, 0.2) is 0 Å². The van der Waals surface area contributed by atoms with Crippen LogP contribution < -0.4 is 0 Å². The van der Waals surface area contributed by atoms with Gasteiger partial charge in [-0.2, -0.15) is 0 Å². The molecule has 0 saturated heterocycles. The van der Waals surface area contributed by atoms with Gasteiger partial charge in [-0.05, 0) is 166 Å². The van der Waals surface area contributed by atoms with E-state index in [2.05, 4.69) is 255 Å². The molecule has 0 fully saturated rings.